The Morgan fingerprint density at radius 3 is 2.83 bits per heavy atom. The van der Waals surface area contributed by atoms with Gasteiger partial charge in [-0.3, -0.25) is 4.79 Å². The topological polar surface area (TPSA) is 63.6 Å². The summed E-state index contributed by atoms with van der Waals surface area (Å²) in [5.74, 6) is -0.171. The van der Waals surface area contributed by atoms with E-state index in [0.29, 0.717) is 13.2 Å². The highest BCUT2D eigenvalue weighted by atomic mass is 32.1. The minimum Gasteiger partial charge on any atom is -0.465 e. The van der Waals surface area contributed by atoms with Crippen molar-refractivity contribution >= 4 is 23.3 Å². The lowest BCUT2D eigenvalue weighted by molar-refractivity contribution is -0.141. The fraction of sp³-hybridized carbons (Fsp3) is 0.545. The number of nitrogens with zero attached hydrogens (tertiary/aromatic N) is 2. The zero-order valence-electron chi connectivity index (χ0n) is 17.4. The van der Waals surface area contributed by atoms with Gasteiger partial charge in [0.2, 0.25) is 0 Å². The van der Waals surface area contributed by atoms with Crippen LogP contribution in [0.5, 0.6) is 0 Å². The van der Waals surface area contributed by atoms with Crippen LogP contribution in [0.3, 0.4) is 0 Å². The van der Waals surface area contributed by atoms with Gasteiger partial charge in [0.05, 0.1) is 19.2 Å². The molecule has 2 aromatic rings. The lowest BCUT2D eigenvalue weighted by atomic mass is 9.94. The summed E-state index contributed by atoms with van der Waals surface area (Å²) >= 11 is 1.88. The number of carbonyl (C=O) groups is 2. The first-order valence-electron chi connectivity index (χ1n) is 10.5. The van der Waals surface area contributed by atoms with E-state index in [-0.39, 0.29) is 24.5 Å². The lowest BCUT2D eigenvalue weighted by Crippen LogP contribution is -2.45. The maximum absolute atomic E-state index is 13.2. The molecule has 0 fully saturated rings. The Hall–Kier alpha value is -2.28. The Morgan fingerprint density at radius 2 is 2.07 bits per heavy atom. The molecule has 2 aliphatic rings. The van der Waals surface area contributed by atoms with Crippen LogP contribution in [0.4, 0.5) is 4.79 Å². The van der Waals surface area contributed by atoms with Gasteiger partial charge in [-0.25, -0.2) is 4.79 Å². The predicted molar refractivity (Wildman–Crippen MR) is 113 cm³/mol. The van der Waals surface area contributed by atoms with Gasteiger partial charge in [-0.15, -0.1) is 11.3 Å². The van der Waals surface area contributed by atoms with Gasteiger partial charge in [0.15, 0.2) is 0 Å². The maximum atomic E-state index is 13.2. The number of hydrogen-bond donors (Lipinski definition) is 1. The number of aryl methyl sites for hydroxylation is 1. The summed E-state index contributed by atoms with van der Waals surface area (Å²) in [7, 11) is 0. The molecule has 1 N–H and O–H groups in total. The molecule has 29 heavy (non-hydrogen) atoms. The van der Waals surface area contributed by atoms with Crippen molar-refractivity contribution in [2.45, 2.75) is 59.0 Å². The lowest BCUT2D eigenvalue weighted by Gasteiger charge is -2.33. The van der Waals surface area contributed by atoms with Crippen LogP contribution < -0.4 is 5.32 Å². The first-order valence-corrected chi connectivity index (χ1v) is 11.3. The van der Waals surface area contributed by atoms with Gasteiger partial charge < -0.3 is 19.5 Å². The second-order valence-corrected chi connectivity index (χ2v) is 9.16. The van der Waals surface area contributed by atoms with Crippen LogP contribution in [-0.2, 0) is 28.9 Å². The van der Waals surface area contributed by atoms with Gasteiger partial charge in [-0.1, -0.05) is 13.8 Å². The predicted octanol–water partition coefficient (Wildman–Crippen LogP) is 4.20. The van der Waals surface area contributed by atoms with E-state index < -0.39 is 5.97 Å². The molecule has 0 aromatic carbocycles. The molecule has 0 spiro atoms. The first kappa shape index (κ1) is 20.0. The summed E-state index contributed by atoms with van der Waals surface area (Å²) in [5, 5.41) is 4.04. The zero-order chi connectivity index (χ0) is 20.5. The van der Waals surface area contributed by atoms with E-state index in [1.807, 2.05) is 16.2 Å². The number of carbonyl (C=O) groups excluding carboxylic acids is 2. The molecular formula is C22H29N3O3S. The molecule has 1 atom stereocenters. The molecule has 2 amide bonds. The summed E-state index contributed by atoms with van der Waals surface area (Å²) in [6.45, 7) is 6.82. The van der Waals surface area contributed by atoms with Crippen molar-refractivity contribution in [1.29, 1.82) is 0 Å². The molecule has 4 rings (SSSR count). The van der Waals surface area contributed by atoms with E-state index >= 15 is 0 Å². The quantitative estimate of drug-likeness (QED) is 0.761. The van der Waals surface area contributed by atoms with Crippen LogP contribution in [0, 0.1) is 5.92 Å². The van der Waals surface area contributed by atoms with E-state index in [2.05, 4.69) is 42.1 Å². The largest absolute Gasteiger partial charge is 0.465 e. The first-order chi connectivity index (χ1) is 14.0. The molecule has 0 bridgehead atoms. The Balaban J connectivity index is 1.72. The zero-order valence-corrected chi connectivity index (χ0v) is 18.2. The normalized spacial score (nSPS) is 17.9. The van der Waals surface area contributed by atoms with Gasteiger partial charge in [0.1, 0.15) is 11.5 Å². The van der Waals surface area contributed by atoms with Crippen LogP contribution in [0.1, 0.15) is 61.4 Å². The molecule has 1 aliphatic heterocycles. The number of esters is 1. The molecular weight excluding hydrogens is 386 g/mol. The third-order valence-electron chi connectivity index (χ3n) is 5.81. The fourth-order valence-electron chi connectivity index (χ4n) is 4.58. The van der Waals surface area contributed by atoms with E-state index in [9.17, 15) is 9.59 Å². The van der Waals surface area contributed by atoms with Crippen molar-refractivity contribution in [1.82, 2.24) is 14.8 Å². The summed E-state index contributed by atoms with van der Waals surface area (Å²) in [6, 6.07) is 3.90. The minimum absolute atomic E-state index is 0.0639. The number of hydrogen-bond acceptors (Lipinski definition) is 4. The SMILES string of the molecule is CCOC(=O)CNC(=O)N1Cc2c(sc3c2CCCC3)-n2cccc2[C@H]1C(C)C. The maximum Gasteiger partial charge on any atom is 0.325 e. The highest BCUT2D eigenvalue weighted by Gasteiger charge is 2.36. The number of aromatic nitrogens is 1. The minimum atomic E-state index is -0.409. The monoisotopic (exact) mass is 415 g/mol. The molecule has 0 radical (unpaired) electrons. The second-order valence-electron chi connectivity index (χ2n) is 8.08. The average Bonchev–Trinajstić information content (AvgIpc) is 3.27. The van der Waals surface area contributed by atoms with E-state index in [4.69, 9.17) is 4.74 Å². The van der Waals surface area contributed by atoms with E-state index in [1.165, 1.54) is 33.8 Å². The fourth-order valence-corrected chi connectivity index (χ4v) is 5.99. The van der Waals surface area contributed by atoms with Gasteiger partial charge in [-0.05, 0) is 56.2 Å². The highest BCUT2D eigenvalue weighted by molar-refractivity contribution is 7.15. The Labute approximate surface area is 175 Å². The summed E-state index contributed by atoms with van der Waals surface area (Å²) < 4.78 is 7.25. The van der Waals surface area contributed by atoms with E-state index in [0.717, 1.165) is 18.5 Å². The average molecular weight is 416 g/mol. The molecule has 6 nitrogen and oxygen atoms in total. The molecule has 2 aromatic heterocycles. The molecule has 3 heterocycles. The van der Waals surface area contributed by atoms with Crippen LogP contribution in [0.15, 0.2) is 18.3 Å². The third kappa shape index (κ3) is 3.68. The number of rotatable bonds is 4. The number of fused-ring (bicyclic) bond motifs is 5. The van der Waals surface area contributed by atoms with Crippen LogP contribution in [-0.4, -0.2) is 34.6 Å². The molecule has 0 unspecified atom stereocenters. The Morgan fingerprint density at radius 1 is 1.28 bits per heavy atom. The number of urea groups is 1. The van der Waals surface area contributed by atoms with Crippen molar-refractivity contribution in [3.63, 3.8) is 0 Å². The molecule has 1 aliphatic carbocycles. The standard InChI is InChI=1S/C22H29N3O3S/c1-4-28-19(26)12-23-22(27)25-13-16-15-8-5-6-10-18(15)29-21(16)24-11-7-9-17(24)20(25)14(2)3/h7,9,11,14,20H,4-6,8,10,12-13H2,1-3H3,(H,23,27)/t20-/m1/s1. The van der Waals surface area contributed by atoms with Crippen molar-refractivity contribution in [2.24, 2.45) is 5.92 Å². The highest BCUT2D eigenvalue weighted by Crippen LogP contribution is 2.43. The van der Waals surface area contributed by atoms with Gasteiger partial charge in [0, 0.05) is 22.3 Å². The number of nitrogens with one attached hydrogen (secondary N) is 1. The number of ether oxygens (including phenoxy) is 1. The van der Waals surface area contributed by atoms with Gasteiger partial charge >= 0.3 is 12.0 Å². The molecule has 0 saturated carbocycles. The third-order valence-corrected chi connectivity index (χ3v) is 7.14. The number of amides is 2. The van der Waals surface area contributed by atoms with Crippen LogP contribution in [0.25, 0.3) is 5.00 Å². The Kier molecular flexibility index (Phi) is 5.67. The van der Waals surface area contributed by atoms with Crippen LogP contribution in [0.2, 0.25) is 0 Å². The van der Waals surface area contributed by atoms with Crippen molar-refractivity contribution in [2.75, 3.05) is 13.2 Å². The van der Waals surface area contributed by atoms with E-state index in [1.54, 1.807) is 6.92 Å². The van der Waals surface area contributed by atoms with Gasteiger partial charge in [-0.2, -0.15) is 0 Å². The summed E-state index contributed by atoms with van der Waals surface area (Å²) in [6.07, 6.45) is 6.78. The molecule has 7 heteroatoms. The van der Waals surface area contributed by atoms with Crippen molar-refractivity contribution < 1.29 is 14.3 Å². The smallest absolute Gasteiger partial charge is 0.325 e. The Bertz CT molecular complexity index is 915. The number of thiophene rings is 1. The summed E-state index contributed by atoms with van der Waals surface area (Å²) in [5.41, 5.74) is 3.84. The summed E-state index contributed by atoms with van der Waals surface area (Å²) in [4.78, 5) is 28.3. The second kappa shape index (κ2) is 8.22. The van der Waals surface area contributed by atoms with Gasteiger partial charge in [0.25, 0.3) is 0 Å². The molecule has 0 saturated heterocycles. The van der Waals surface area contributed by atoms with Crippen molar-refractivity contribution in [3.8, 4) is 5.00 Å². The molecule has 156 valence electrons. The van der Waals surface area contributed by atoms with Crippen molar-refractivity contribution in [3.05, 3.63) is 40.0 Å². The van der Waals surface area contributed by atoms with Crippen LogP contribution >= 0.6 is 11.3 Å².